The first-order chi connectivity index (χ1) is 10.6. The Morgan fingerprint density at radius 3 is 1.73 bits per heavy atom. The molecule has 0 saturated carbocycles. The van der Waals surface area contributed by atoms with Gasteiger partial charge in [0.25, 0.3) is 0 Å². The summed E-state index contributed by atoms with van der Waals surface area (Å²) >= 11 is 0. The lowest BCUT2D eigenvalue weighted by Crippen LogP contribution is -1.98. The standard InChI is InChI=1S/C19H30O3/c1-2-3-4-5-6-7-8-9-10-11-12-19(22)16-13-17(20)15-18(21)14-16/h13-15,20-21H,2-12H2,1H3. The molecule has 3 nitrogen and oxygen atoms in total. The van der Waals surface area contributed by atoms with Crippen LogP contribution in [0, 0.1) is 0 Å². The monoisotopic (exact) mass is 306 g/mol. The Bertz CT molecular complexity index is 420. The van der Waals surface area contributed by atoms with Gasteiger partial charge in [-0.05, 0) is 18.6 Å². The van der Waals surface area contributed by atoms with Gasteiger partial charge in [0.05, 0.1) is 0 Å². The van der Waals surface area contributed by atoms with Crippen molar-refractivity contribution in [3.63, 3.8) is 0 Å². The largest absolute Gasteiger partial charge is 0.508 e. The second kappa shape index (κ2) is 11.1. The number of phenols is 2. The second-order valence-corrected chi connectivity index (χ2v) is 6.09. The summed E-state index contributed by atoms with van der Waals surface area (Å²) in [5, 5.41) is 18.8. The van der Waals surface area contributed by atoms with Gasteiger partial charge in [-0.3, -0.25) is 4.79 Å². The molecule has 0 unspecified atom stereocenters. The van der Waals surface area contributed by atoms with Crippen molar-refractivity contribution in [2.75, 3.05) is 0 Å². The van der Waals surface area contributed by atoms with Gasteiger partial charge < -0.3 is 10.2 Å². The van der Waals surface area contributed by atoms with Gasteiger partial charge in [0.1, 0.15) is 11.5 Å². The van der Waals surface area contributed by atoms with Crippen molar-refractivity contribution in [1.29, 1.82) is 0 Å². The molecule has 0 bridgehead atoms. The normalized spacial score (nSPS) is 10.8. The molecule has 3 heteroatoms. The SMILES string of the molecule is CCCCCCCCCCCCC(=O)c1cc(O)cc(O)c1. The fraction of sp³-hybridized carbons (Fsp3) is 0.632. The minimum Gasteiger partial charge on any atom is -0.508 e. The number of unbranched alkanes of at least 4 members (excludes halogenated alkanes) is 9. The van der Waals surface area contributed by atoms with Gasteiger partial charge in [0.15, 0.2) is 5.78 Å². The van der Waals surface area contributed by atoms with Gasteiger partial charge in [-0.25, -0.2) is 0 Å². The summed E-state index contributed by atoms with van der Waals surface area (Å²) in [5.41, 5.74) is 0.397. The van der Waals surface area contributed by atoms with Crippen LogP contribution >= 0.6 is 0 Å². The van der Waals surface area contributed by atoms with E-state index in [9.17, 15) is 15.0 Å². The van der Waals surface area contributed by atoms with Crippen LogP contribution in [0.15, 0.2) is 18.2 Å². The van der Waals surface area contributed by atoms with Gasteiger partial charge in [0.2, 0.25) is 0 Å². The summed E-state index contributed by atoms with van der Waals surface area (Å²) in [5.74, 6) is -0.136. The fourth-order valence-corrected chi connectivity index (χ4v) is 2.67. The van der Waals surface area contributed by atoms with Crippen molar-refractivity contribution in [3.8, 4) is 11.5 Å². The molecule has 0 radical (unpaired) electrons. The summed E-state index contributed by atoms with van der Waals surface area (Å²) in [7, 11) is 0. The Morgan fingerprint density at radius 2 is 1.23 bits per heavy atom. The second-order valence-electron chi connectivity index (χ2n) is 6.09. The Morgan fingerprint density at radius 1 is 0.773 bits per heavy atom. The number of benzene rings is 1. The van der Waals surface area contributed by atoms with Gasteiger partial charge in [0, 0.05) is 18.1 Å². The highest BCUT2D eigenvalue weighted by atomic mass is 16.3. The van der Waals surface area contributed by atoms with E-state index in [0.717, 1.165) is 12.8 Å². The molecular formula is C19H30O3. The van der Waals surface area contributed by atoms with Crippen LogP contribution in [0.25, 0.3) is 0 Å². The molecule has 0 aromatic heterocycles. The molecule has 0 heterocycles. The van der Waals surface area contributed by atoms with Crippen molar-refractivity contribution in [2.24, 2.45) is 0 Å². The number of phenolic OH excluding ortho intramolecular Hbond substituents is 2. The van der Waals surface area contributed by atoms with E-state index in [2.05, 4.69) is 6.92 Å². The average Bonchev–Trinajstić information content (AvgIpc) is 2.48. The predicted molar refractivity (Wildman–Crippen MR) is 90.6 cm³/mol. The lowest BCUT2D eigenvalue weighted by Gasteiger charge is -2.04. The van der Waals surface area contributed by atoms with Crippen molar-refractivity contribution in [1.82, 2.24) is 0 Å². The first kappa shape index (κ1) is 18.5. The third kappa shape index (κ3) is 8.06. The first-order valence-electron chi connectivity index (χ1n) is 8.69. The molecule has 124 valence electrons. The number of hydrogen-bond donors (Lipinski definition) is 2. The number of Topliss-reactive ketones (excluding diaryl/α,β-unsaturated/α-hetero) is 1. The lowest BCUT2D eigenvalue weighted by atomic mass is 10.0. The van der Waals surface area contributed by atoms with Gasteiger partial charge in [-0.15, -0.1) is 0 Å². The molecule has 0 spiro atoms. The van der Waals surface area contributed by atoms with Crippen molar-refractivity contribution in [2.45, 2.75) is 77.6 Å². The van der Waals surface area contributed by atoms with Gasteiger partial charge in [-0.1, -0.05) is 64.7 Å². The van der Waals surface area contributed by atoms with E-state index >= 15 is 0 Å². The summed E-state index contributed by atoms with van der Waals surface area (Å²) in [6.45, 7) is 2.24. The van der Waals surface area contributed by atoms with E-state index in [0.29, 0.717) is 12.0 Å². The molecule has 1 rings (SSSR count). The molecule has 0 aliphatic carbocycles. The maximum Gasteiger partial charge on any atom is 0.163 e. The first-order valence-corrected chi connectivity index (χ1v) is 8.69. The van der Waals surface area contributed by atoms with Crippen LogP contribution in [0.2, 0.25) is 0 Å². The van der Waals surface area contributed by atoms with Crippen LogP contribution < -0.4 is 0 Å². The number of carbonyl (C=O) groups is 1. The summed E-state index contributed by atoms with van der Waals surface area (Å²) < 4.78 is 0. The maximum atomic E-state index is 12.0. The van der Waals surface area contributed by atoms with E-state index in [4.69, 9.17) is 0 Å². The maximum absolute atomic E-state index is 12.0. The lowest BCUT2D eigenvalue weighted by molar-refractivity contribution is 0.0978. The Kier molecular flexibility index (Phi) is 9.36. The topological polar surface area (TPSA) is 57.5 Å². The minimum absolute atomic E-state index is 0.00855. The molecule has 0 aliphatic heterocycles. The van der Waals surface area contributed by atoms with E-state index in [-0.39, 0.29) is 17.3 Å². The van der Waals surface area contributed by atoms with Gasteiger partial charge >= 0.3 is 0 Å². The third-order valence-corrected chi connectivity index (χ3v) is 3.98. The fourth-order valence-electron chi connectivity index (χ4n) is 2.67. The number of hydrogen-bond acceptors (Lipinski definition) is 3. The molecule has 22 heavy (non-hydrogen) atoms. The molecule has 0 amide bonds. The highest BCUT2D eigenvalue weighted by molar-refractivity contribution is 5.96. The number of aromatic hydroxyl groups is 2. The summed E-state index contributed by atoms with van der Waals surface area (Å²) in [6.07, 6.45) is 12.9. The molecule has 1 aromatic carbocycles. The quantitative estimate of drug-likeness (QED) is 0.391. The molecular weight excluding hydrogens is 276 g/mol. The number of ketones is 1. The molecule has 1 aromatic rings. The minimum atomic E-state index is -0.0635. The predicted octanol–water partition coefficient (Wildman–Crippen LogP) is 5.59. The van der Waals surface area contributed by atoms with Crippen LogP contribution in [0.4, 0.5) is 0 Å². The van der Waals surface area contributed by atoms with E-state index < -0.39 is 0 Å². The van der Waals surface area contributed by atoms with Gasteiger partial charge in [-0.2, -0.15) is 0 Å². The number of rotatable bonds is 12. The van der Waals surface area contributed by atoms with Crippen LogP contribution in [-0.2, 0) is 0 Å². The zero-order valence-electron chi connectivity index (χ0n) is 13.8. The zero-order valence-corrected chi connectivity index (χ0v) is 13.8. The van der Waals surface area contributed by atoms with Crippen LogP contribution in [0.3, 0.4) is 0 Å². The van der Waals surface area contributed by atoms with E-state index in [1.54, 1.807) is 0 Å². The van der Waals surface area contributed by atoms with Crippen LogP contribution in [0.5, 0.6) is 11.5 Å². The average molecular weight is 306 g/mol. The Hall–Kier alpha value is -1.51. The third-order valence-electron chi connectivity index (χ3n) is 3.98. The summed E-state index contributed by atoms with van der Waals surface area (Å²) in [4.78, 5) is 12.0. The van der Waals surface area contributed by atoms with Crippen molar-refractivity contribution in [3.05, 3.63) is 23.8 Å². The van der Waals surface area contributed by atoms with Crippen molar-refractivity contribution >= 4 is 5.78 Å². The van der Waals surface area contributed by atoms with E-state index in [1.807, 2.05) is 0 Å². The van der Waals surface area contributed by atoms with Crippen LogP contribution in [0.1, 0.15) is 87.9 Å². The van der Waals surface area contributed by atoms with E-state index in [1.165, 1.54) is 69.6 Å². The highest BCUT2D eigenvalue weighted by Gasteiger charge is 2.08. The summed E-state index contributed by atoms with van der Waals surface area (Å²) in [6, 6.07) is 4.06. The van der Waals surface area contributed by atoms with Crippen molar-refractivity contribution < 1.29 is 15.0 Å². The van der Waals surface area contributed by atoms with Crippen LogP contribution in [-0.4, -0.2) is 16.0 Å². The molecule has 0 aliphatic rings. The molecule has 0 fully saturated rings. The smallest absolute Gasteiger partial charge is 0.163 e. The molecule has 0 atom stereocenters. The molecule has 2 N–H and O–H groups in total. The Balaban J connectivity index is 2.06. The molecule has 0 saturated heterocycles. The number of carbonyl (C=O) groups excluding carboxylic acids is 1. The Labute approximate surface area is 134 Å². The zero-order chi connectivity index (χ0) is 16.2. The highest BCUT2D eigenvalue weighted by Crippen LogP contribution is 2.22.